The van der Waals surface area contributed by atoms with E-state index in [1.165, 1.54) is 0 Å². The summed E-state index contributed by atoms with van der Waals surface area (Å²) in [6.45, 7) is 0. The predicted molar refractivity (Wildman–Crippen MR) is 71.2 cm³/mol. The fraction of sp³-hybridized carbons (Fsp3) is 0. The van der Waals surface area contributed by atoms with Crippen LogP contribution in [0.5, 0.6) is 0 Å². The van der Waals surface area contributed by atoms with E-state index in [-0.39, 0.29) is 11.2 Å². The minimum absolute atomic E-state index is 0.0101. The highest BCUT2D eigenvalue weighted by Crippen LogP contribution is 2.33. The number of ketones is 1. The highest BCUT2D eigenvalue weighted by atomic mass is 16.1. The van der Waals surface area contributed by atoms with Gasteiger partial charge in [0.1, 0.15) is 0 Å². The third kappa shape index (κ3) is 0.979. The van der Waals surface area contributed by atoms with Crippen molar-refractivity contribution >= 4 is 22.6 Å². The van der Waals surface area contributed by atoms with E-state index in [9.17, 15) is 9.59 Å². The van der Waals surface area contributed by atoms with Crippen molar-refractivity contribution in [3.8, 4) is 11.1 Å². The number of rotatable bonds is 0. The van der Waals surface area contributed by atoms with Gasteiger partial charge in [0.05, 0.1) is 0 Å². The van der Waals surface area contributed by atoms with Gasteiger partial charge in [-0.1, -0.05) is 30.4 Å². The van der Waals surface area contributed by atoms with Crippen LogP contribution in [0, 0.1) is 0 Å². The molecule has 84 valence electrons. The van der Waals surface area contributed by atoms with Crippen molar-refractivity contribution in [3.05, 3.63) is 63.5 Å². The van der Waals surface area contributed by atoms with Gasteiger partial charge in [-0.2, -0.15) is 0 Å². The van der Waals surface area contributed by atoms with E-state index in [0.29, 0.717) is 5.39 Å². The molecule has 0 aromatic heterocycles. The average Bonchev–Trinajstić information content (AvgIpc) is 2.72. The summed E-state index contributed by atoms with van der Waals surface area (Å²) in [7, 11) is 0. The molecule has 2 nitrogen and oxygen atoms in total. The monoisotopic (exact) mass is 232 g/mol. The first-order valence-electron chi connectivity index (χ1n) is 5.81. The first-order valence-corrected chi connectivity index (χ1v) is 5.81. The maximum Gasteiger partial charge on any atom is 0.187 e. The van der Waals surface area contributed by atoms with Gasteiger partial charge in [-0.15, -0.1) is 0 Å². The summed E-state index contributed by atoms with van der Waals surface area (Å²) < 4.78 is 0. The Morgan fingerprint density at radius 3 is 2.56 bits per heavy atom. The molecule has 0 aliphatic heterocycles. The molecule has 3 aliphatic rings. The zero-order valence-electron chi connectivity index (χ0n) is 9.44. The molecule has 0 spiro atoms. The number of benzene rings is 2. The van der Waals surface area contributed by atoms with E-state index in [1.54, 1.807) is 24.3 Å². The SMILES string of the molecule is O=C1C=CC=c2c1c1ccc(=O)c3cccc2c3-1. The Balaban J connectivity index is 2.41. The number of hydrogen-bond donors (Lipinski definition) is 0. The van der Waals surface area contributed by atoms with E-state index >= 15 is 0 Å². The lowest BCUT2D eigenvalue weighted by Crippen LogP contribution is -2.12. The van der Waals surface area contributed by atoms with Gasteiger partial charge in [-0.05, 0) is 34.4 Å². The highest BCUT2D eigenvalue weighted by Gasteiger charge is 2.23. The second-order valence-electron chi connectivity index (χ2n) is 4.52. The van der Waals surface area contributed by atoms with Crippen molar-refractivity contribution in [2.75, 3.05) is 0 Å². The van der Waals surface area contributed by atoms with Crippen LogP contribution in [-0.2, 0) is 0 Å². The molecule has 0 fully saturated rings. The van der Waals surface area contributed by atoms with E-state index < -0.39 is 0 Å². The Bertz CT molecular complexity index is 903. The lowest BCUT2D eigenvalue weighted by Gasteiger charge is -2.04. The average molecular weight is 232 g/mol. The van der Waals surface area contributed by atoms with Crippen LogP contribution < -0.4 is 10.6 Å². The Kier molecular flexibility index (Phi) is 1.61. The fourth-order valence-corrected chi connectivity index (χ4v) is 2.85. The number of allylic oxidation sites excluding steroid dienone is 2. The molecule has 1 aromatic carbocycles. The Morgan fingerprint density at radius 2 is 1.67 bits per heavy atom. The maximum absolute atomic E-state index is 12.0. The summed E-state index contributed by atoms with van der Waals surface area (Å²) in [6.07, 6.45) is 5.28. The molecule has 0 amide bonds. The summed E-state index contributed by atoms with van der Waals surface area (Å²) in [5.41, 5.74) is 2.55. The van der Waals surface area contributed by atoms with Crippen molar-refractivity contribution in [1.29, 1.82) is 0 Å². The van der Waals surface area contributed by atoms with Crippen LogP contribution in [-0.4, -0.2) is 5.78 Å². The first-order chi connectivity index (χ1) is 8.77. The van der Waals surface area contributed by atoms with Gasteiger partial charge in [0.25, 0.3) is 0 Å². The molecule has 4 rings (SSSR count). The number of fused-ring (bicyclic) bond motifs is 3. The molecular formula is C16H8O2. The van der Waals surface area contributed by atoms with Gasteiger partial charge in [-0.3, -0.25) is 9.59 Å². The number of carbonyl (C=O) groups is 1. The van der Waals surface area contributed by atoms with Crippen LogP contribution in [0.1, 0.15) is 10.4 Å². The third-order valence-corrected chi connectivity index (χ3v) is 3.59. The van der Waals surface area contributed by atoms with Crippen LogP contribution in [0.15, 0.2) is 47.3 Å². The molecular weight excluding hydrogens is 224 g/mol. The Hall–Kier alpha value is -2.48. The zero-order valence-corrected chi connectivity index (χ0v) is 9.44. The molecule has 0 saturated carbocycles. The molecule has 2 heteroatoms. The van der Waals surface area contributed by atoms with E-state index in [4.69, 9.17) is 0 Å². The molecule has 0 heterocycles. The molecule has 18 heavy (non-hydrogen) atoms. The van der Waals surface area contributed by atoms with Crippen molar-refractivity contribution in [1.82, 2.24) is 0 Å². The molecule has 3 aliphatic carbocycles. The van der Waals surface area contributed by atoms with Gasteiger partial charge in [0.15, 0.2) is 11.2 Å². The minimum Gasteiger partial charge on any atom is -0.289 e. The van der Waals surface area contributed by atoms with Crippen LogP contribution in [0.3, 0.4) is 0 Å². The summed E-state index contributed by atoms with van der Waals surface area (Å²) in [5, 5.41) is 2.63. The first kappa shape index (κ1) is 9.54. The standard InChI is InChI=1S/C16H8O2/c17-13-8-7-12-15-9(3-1-5-11(13)15)10-4-2-6-14(18)16(10)12/h1-8H. The van der Waals surface area contributed by atoms with Gasteiger partial charge >= 0.3 is 0 Å². The van der Waals surface area contributed by atoms with Crippen LogP contribution in [0.25, 0.3) is 28.0 Å². The second kappa shape index (κ2) is 3.05. The predicted octanol–water partition coefficient (Wildman–Crippen LogP) is 1.99. The number of carbonyl (C=O) groups excluding carboxylic acids is 1. The highest BCUT2D eigenvalue weighted by molar-refractivity contribution is 6.18. The van der Waals surface area contributed by atoms with Gasteiger partial charge in [0.2, 0.25) is 0 Å². The maximum atomic E-state index is 12.0. The third-order valence-electron chi connectivity index (χ3n) is 3.59. The second-order valence-corrected chi connectivity index (χ2v) is 4.52. The van der Waals surface area contributed by atoms with E-state index in [2.05, 4.69) is 0 Å². The minimum atomic E-state index is 0.0101. The largest absolute Gasteiger partial charge is 0.289 e. The lowest BCUT2D eigenvalue weighted by atomic mass is 9.98. The van der Waals surface area contributed by atoms with Crippen LogP contribution in [0.2, 0.25) is 0 Å². The van der Waals surface area contributed by atoms with Crippen molar-refractivity contribution in [3.63, 3.8) is 0 Å². The Morgan fingerprint density at radius 1 is 0.833 bits per heavy atom. The lowest BCUT2D eigenvalue weighted by molar-refractivity contribution is 0.104. The topological polar surface area (TPSA) is 34.1 Å². The van der Waals surface area contributed by atoms with Gasteiger partial charge in [-0.25, -0.2) is 0 Å². The van der Waals surface area contributed by atoms with E-state index in [0.717, 1.165) is 27.3 Å². The quantitative estimate of drug-likeness (QED) is 0.594. The molecule has 1 aromatic rings. The normalized spacial score (nSPS) is 14.1. The van der Waals surface area contributed by atoms with Gasteiger partial charge in [0, 0.05) is 16.5 Å². The molecule has 0 atom stereocenters. The summed E-state index contributed by atoms with van der Waals surface area (Å²) in [6, 6.07) is 8.97. The summed E-state index contributed by atoms with van der Waals surface area (Å²) in [4.78, 5) is 23.9. The fourth-order valence-electron chi connectivity index (χ4n) is 2.85. The van der Waals surface area contributed by atoms with Gasteiger partial charge < -0.3 is 0 Å². The molecule has 0 radical (unpaired) electrons. The zero-order chi connectivity index (χ0) is 12.3. The molecule has 0 N–H and O–H groups in total. The van der Waals surface area contributed by atoms with Crippen molar-refractivity contribution < 1.29 is 4.79 Å². The molecule has 0 saturated heterocycles. The van der Waals surface area contributed by atoms with Crippen LogP contribution in [0.4, 0.5) is 0 Å². The van der Waals surface area contributed by atoms with Crippen LogP contribution >= 0.6 is 0 Å². The smallest absolute Gasteiger partial charge is 0.187 e. The summed E-state index contributed by atoms with van der Waals surface area (Å²) >= 11 is 0. The Labute approximate surface area is 103 Å². The summed E-state index contributed by atoms with van der Waals surface area (Å²) in [5.74, 6) is 0.0173. The molecule has 0 unspecified atom stereocenters. The van der Waals surface area contributed by atoms with Crippen molar-refractivity contribution in [2.24, 2.45) is 0 Å². The molecule has 0 bridgehead atoms. The van der Waals surface area contributed by atoms with E-state index in [1.807, 2.05) is 24.3 Å². The van der Waals surface area contributed by atoms with Crippen molar-refractivity contribution in [2.45, 2.75) is 0 Å². The number of hydrogen-bond acceptors (Lipinski definition) is 2.